The van der Waals surface area contributed by atoms with Gasteiger partial charge >= 0.3 is 6.01 Å². The molecule has 2 bridgehead atoms. The number of aromatic nitrogens is 2. The van der Waals surface area contributed by atoms with Crippen molar-refractivity contribution >= 4 is 27.7 Å². The van der Waals surface area contributed by atoms with E-state index in [-0.39, 0.29) is 11.3 Å². The number of hydrogen-bond acceptors (Lipinski definition) is 8. The largest absolute Gasteiger partial charge is 0.508 e. The van der Waals surface area contributed by atoms with Crippen LogP contribution in [0.15, 0.2) is 34.9 Å². The summed E-state index contributed by atoms with van der Waals surface area (Å²) in [5.41, 5.74) is 5.84. The molecule has 4 saturated heterocycles. The van der Waals surface area contributed by atoms with E-state index in [2.05, 4.69) is 28.1 Å². The van der Waals surface area contributed by atoms with Crippen LogP contribution in [0, 0.1) is 0 Å². The van der Waals surface area contributed by atoms with E-state index in [0.717, 1.165) is 103 Å². The number of rotatable bonds is 5. The molecule has 4 aliphatic heterocycles. The summed E-state index contributed by atoms with van der Waals surface area (Å²) in [6.07, 6.45) is 9.00. The predicted molar refractivity (Wildman–Crippen MR) is 168 cm³/mol. The number of benzene rings is 2. The highest BCUT2D eigenvalue weighted by atomic mass is 19.1. The van der Waals surface area contributed by atoms with Crippen LogP contribution in [0.3, 0.4) is 0 Å². The number of fused-ring (bicyclic) bond motifs is 7. The molecule has 230 valence electrons. The van der Waals surface area contributed by atoms with E-state index < -0.39 is 6.17 Å². The van der Waals surface area contributed by atoms with Crippen LogP contribution in [-0.2, 0) is 6.42 Å². The van der Waals surface area contributed by atoms with Crippen LogP contribution in [0.2, 0.25) is 0 Å². The molecule has 0 saturated carbocycles. The lowest BCUT2D eigenvalue weighted by molar-refractivity contribution is 0.107. The van der Waals surface area contributed by atoms with Crippen LogP contribution < -0.4 is 15.0 Å². The van der Waals surface area contributed by atoms with Gasteiger partial charge in [0.1, 0.15) is 29.9 Å². The number of nitrogens with one attached hydrogen (secondary N) is 1. The van der Waals surface area contributed by atoms with E-state index in [4.69, 9.17) is 19.1 Å². The molecule has 1 unspecified atom stereocenters. The fourth-order valence-electron chi connectivity index (χ4n) is 9.28. The second-order valence-electron chi connectivity index (χ2n) is 14.1. The van der Waals surface area contributed by atoms with Crippen molar-refractivity contribution in [2.45, 2.75) is 88.0 Å². The molecule has 2 aromatic carbocycles. The minimum atomic E-state index is -0.811. The summed E-state index contributed by atoms with van der Waals surface area (Å²) in [5, 5.41) is 16.5. The van der Waals surface area contributed by atoms with Crippen molar-refractivity contribution < 1.29 is 18.7 Å². The zero-order valence-electron chi connectivity index (χ0n) is 25.3. The number of aromatic hydroxyl groups is 1. The first-order valence-corrected chi connectivity index (χ1v) is 16.6. The van der Waals surface area contributed by atoms with Crippen molar-refractivity contribution in [3.05, 3.63) is 41.7 Å². The fraction of sp³-hybridized carbons (Fsp3) is 0.543. The summed E-state index contributed by atoms with van der Waals surface area (Å²) in [4.78, 5) is 14.8. The van der Waals surface area contributed by atoms with Gasteiger partial charge in [-0.15, -0.1) is 0 Å². The Bertz CT molecular complexity index is 1760. The van der Waals surface area contributed by atoms with Gasteiger partial charge in [0.15, 0.2) is 0 Å². The average molecular weight is 598 g/mol. The number of phenolic OH excluding ortho intramolecular Hbond substituents is 1. The first kappa shape index (κ1) is 26.9. The maximum atomic E-state index is 14.5. The van der Waals surface area contributed by atoms with Crippen LogP contribution >= 0.6 is 0 Å². The average Bonchev–Trinajstić information content (AvgIpc) is 3.78. The van der Waals surface area contributed by atoms with E-state index in [1.54, 1.807) is 6.26 Å². The number of piperazine rings is 1. The van der Waals surface area contributed by atoms with Gasteiger partial charge in [0, 0.05) is 43.5 Å². The number of alkyl halides is 1. The quantitative estimate of drug-likeness (QED) is 0.286. The maximum absolute atomic E-state index is 14.5. The summed E-state index contributed by atoms with van der Waals surface area (Å²) in [6, 6.07) is 9.22. The molecule has 4 aromatic rings. The highest BCUT2D eigenvalue weighted by molar-refractivity contribution is 6.14. The zero-order valence-corrected chi connectivity index (χ0v) is 25.3. The van der Waals surface area contributed by atoms with Gasteiger partial charge in [-0.25, -0.2) is 4.39 Å². The molecule has 2 N–H and O–H groups in total. The van der Waals surface area contributed by atoms with Crippen molar-refractivity contribution in [2.24, 2.45) is 0 Å². The number of aryl methyl sites for hydroxylation is 1. The lowest BCUT2D eigenvalue weighted by atomic mass is 9.79. The smallest absolute Gasteiger partial charge is 0.319 e. The Morgan fingerprint density at radius 3 is 2.82 bits per heavy atom. The third-order valence-electron chi connectivity index (χ3n) is 11.2. The molecule has 0 spiro atoms. The number of hydrogen-bond donors (Lipinski definition) is 2. The molecule has 9 heteroatoms. The van der Waals surface area contributed by atoms with Crippen LogP contribution in [0.1, 0.15) is 68.9 Å². The van der Waals surface area contributed by atoms with Gasteiger partial charge in [0.2, 0.25) is 0 Å². The first-order valence-electron chi connectivity index (χ1n) is 16.6. The zero-order chi connectivity index (χ0) is 29.6. The van der Waals surface area contributed by atoms with Crippen molar-refractivity contribution in [3.8, 4) is 22.9 Å². The van der Waals surface area contributed by atoms with Crippen LogP contribution in [0.4, 0.5) is 10.2 Å². The first-order chi connectivity index (χ1) is 21.4. The van der Waals surface area contributed by atoms with Crippen molar-refractivity contribution in [1.29, 1.82) is 0 Å². The molecular weight excluding hydrogens is 557 g/mol. The lowest BCUT2D eigenvalue weighted by Crippen LogP contribution is -2.51. The second kappa shape index (κ2) is 10.0. The third kappa shape index (κ3) is 4.22. The van der Waals surface area contributed by atoms with Crippen molar-refractivity contribution in [2.75, 3.05) is 37.7 Å². The highest BCUT2D eigenvalue weighted by Gasteiger charge is 2.49. The predicted octanol–water partition coefficient (Wildman–Crippen LogP) is 6.08. The summed E-state index contributed by atoms with van der Waals surface area (Å²) in [7, 11) is 0. The molecule has 44 heavy (non-hydrogen) atoms. The molecule has 4 fully saturated rings. The molecule has 8 nitrogen and oxygen atoms in total. The number of furan rings is 1. The van der Waals surface area contributed by atoms with E-state index >= 15 is 0 Å². The number of nitrogens with zero attached hydrogens (tertiary/aromatic N) is 4. The minimum absolute atomic E-state index is 0.279. The molecule has 5 aliphatic rings. The number of phenols is 1. The minimum Gasteiger partial charge on any atom is -0.508 e. The summed E-state index contributed by atoms with van der Waals surface area (Å²) < 4.78 is 27.3. The Hall–Kier alpha value is -3.43. The fourth-order valence-corrected chi connectivity index (χ4v) is 9.28. The molecule has 0 amide bonds. The molecule has 6 heterocycles. The standard InChI is InChI=1S/C35H40FN5O3/c1-20-4-2-5-21-12-25(42)13-28(30(20)21)27-14-29-31(32-26(27)8-11-43-32)33(40-17-23-6-7-24(18-40)37-23)39-34(38-29)44-19-35-9-3-10-41(35)16-22(36)15-35/h8,11-14,20,22-24,37,42H,2-7,9-10,15-19H2,1H3/t20?,22-,23-,24+,35+/m1/s1. The van der Waals surface area contributed by atoms with Crippen LogP contribution in [0.5, 0.6) is 11.8 Å². The van der Waals surface area contributed by atoms with Crippen molar-refractivity contribution in [1.82, 2.24) is 20.2 Å². The molecule has 2 aromatic heterocycles. The van der Waals surface area contributed by atoms with Gasteiger partial charge in [-0.2, -0.15) is 9.97 Å². The number of halogens is 1. The molecule has 5 atom stereocenters. The molecule has 0 radical (unpaired) electrons. The van der Waals surface area contributed by atoms with Gasteiger partial charge in [-0.1, -0.05) is 6.92 Å². The molecule has 1 aliphatic carbocycles. The van der Waals surface area contributed by atoms with E-state index in [0.29, 0.717) is 43.6 Å². The Labute approximate surface area is 256 Å². The highest BCUT2D eigenvalue weighted by Crippen LogP contribution is 2.46. The Kier molecular flexibility index (Phi) is 6.14. The van der Waals surface area contributed by atoms with E-state index in [1.807, 2.05) is 18.2 Å². The third-order valence-corrected chi connectivity index (χ3v) is 11.2. The van der Waals surface area contributed by atoms with Gasteiger partial charge in [0.25, 0.3) is 0 Å². The van der Waals surface area contributed by atoms with Gasteiger partial charge in [0.05, 0.1) is 22.7 Å². The lowest BCUT2D eigenvalue weighted by Gasteiger charge is -2.34. The second-order valence-corrected chi connectivity index (χ2v) is 14.1. The molecule has 9 rings (SSSR count). The molecular formula is C35H40FN5O3. The van der Waals surface area contributed by atoms with Gasteiger partial charge in [-0.05, 0) is 104 Å². The van der Waals surface area contributed by atoms with E-state index in [9.17, 15) is 9.50 Å². The summed E-state index contributed by atoms with van der Waals surface area (Å²) in [5.74, 6) is 1.52. The normalized spacial score (nSPS) is 29.9. The summed E-state index contributed by atoms with van der Waals surface area (Å²) in [6.45, 7) is 5.81. The number of ether oxygens (including phenoxy) is 1. The Morgan fingerprint density at radius 2 is 1.95 bits per heavy atom. The van der Waals surface area contributed by atoms with Crippen molar-refractivity contribution in [3.63, 3.8) is 0 Å². The Balaban J connectivity index is 1.21. The SMILES string of the molecule is CC1CCCc2cc(O)cc(-c3cc4nc(OC[C@@]56CCCN5C[C@H](F)C6)nc(N5C[C@H]6CC[C@@H](C5)N6)c4c4occc34)c21. The number of anilines is 1. The monoisotopic (exact) mass is 597 g/mol. The van der Waals surface area contributed by atoms with Gasteiger partial charge in [-0.3, -0.25) is 4.90 Å². The Morgan fingerprint density at radius 1 is 1.09 bits per heavy atom. The summed E-state index contributed by atoms with van der Waals surface area (Å²) >= 11 is 0. The van der Waals surface area contributed by atoms with Crippen LogP contribution in [-0.4, -0.2) is 76.6 Å². The van der Waals surface area contributed by atoms with Gasteiger partial charge < -0.3 is 24.5 Å². The topological polar surface area (TPSA) is 86.9 Å². The van der Waals surface area contributed by atoms with E-state index in [1.165, 1.54) is 11.1 Å². The maximum Gasteiger partial charge on any atom is 0.319 e. The van der Waals surface area contributed by atoms with Crippen LogP contribution in [0.25, 0.3) is 33.0 Å².